The first-order chi connectivity index (χ1) is 5.95. The van der Waals surface area contributed by atoms with E-state index in [9.17, 15) is 9.90 Å². The molecule has 1 saturated heterocycles. The molecule has 0 spiro atoms. The molecule has 1 aliphatic heterocycles. The van der Waals surface area contributed by atoms with E-state index in [4.69, 9.17) is 4.74 Å². The van der Waals surface area contributed by atoms with Crippen molar-refractivity contribution in [2.75, 3.05) is 0 Å². The second-order valence-electron chi connectivity index (χ2n) is 4.28. The highest BCUT2D eigenvalue weighted by atomic mass is 16.5. The number of hydrogen-bond donors (Lipinski definition) is 1. The molecule has 0 amide bonds. The van der Waals surface area contributed by atoms with E-state index >= 15 is 0 Å². The van der Waals surface area contributed by atoms with E-state index in [1.807, 2.05) is 20.8 Å². The number of carbonyl (C=O) groups excluding carboxylic acids is 1. The molecule has 1 N–H and O–H groups in total. The fraction of sp³-hybridized carbons (Fsp3) is 0.900. The van der Waals surface area contributed by atoms with Crippen LogP contribution in [0, 0.1) is 17.8 Å². The highest BCUT2D eigenvalue weighted by molar-refractivity contribution is 5.73. The molecule has 1 fully saturated rings. The van der Waals surface area contributed by atoms with Crippen LogP contribution in [0.5, 0.6) is 0 Å². The van der Waals surface area contributed by atoms with Gasteiger partial charge in [-0.15, -0.1) is 0 Å². The molecule has 0 aromatic heterocycles. The molecule has 0 radical (unpaired) electrons. The predicted octanol–water partition coefficient (Wildman–Crippen LogP) is 1.20. The van der Waals surface area contributed by atoms with Crippen LogP contribution in [0.1, 0.15) is 27.7 Å². The average molecular weight is 186 g/mol. The molecule has 0 unspecified atom stereocenters. The molecule has 0 saturated carbocycles. The maximum Gasteiger partial charge on any atom is 0.311 e. The van der Waals surface area contributed by atoms with E-state index in [-0.39, 0.29) is 29.8 Å². The lowest BCUT2D eigenvalue weighted by Gasteiger charge is -2.38. The molecule has 1 heterocycles. The summed E-state index contributed by atoms with van der Waals surface area (Å²) in [4.78, 5) is 11.3. The third kappa shape index (κ3) is 1.85. The highest BCUT2D eigenvalue weighted by Crippen LogP contribution is 2.30. The van der Waals surface area contributed by atoms with Gasteiger partial charge in [-0.3, -0.25) is 4.79 Å². The quantitative estimate of drug-likeness (QED) is 0.626. The number of esters is 1. The molecule has 0 aromatic rings. The SMILES string of the molecule is CC(C)[C@@H]1OC(=O)[C@@H](C)[C@@H](O)[C@H]1C. The maximum absolute atomic E-state index is 11.3. The van der Waals surface area contributed by atoms with Gasteiger partial charge < -0.3 is 9.84 Å². The monoisotopic (exact) mass is 186 g/mol. The third-order valence-electron chi connectivity index (χ3n) is 2.85. The molecule has 3 nitrogen and oxygen atoms in total. The molecule has 76 valence electrons. The molecule has 4 atom stereocenters. The van der Waals surface area contributed by atoms with Crippen molar-refractivity contribution in [3.05, 3.63) is 0 Å². The van der Waals surface area contributed by atoms with Gasteiger partial charge in [-0.2, -0.15) is 0 Å². The van der Waals surface area contributed by atoms with Crippen LogP contribution in [-0.4, -0.2) is 23.3 Å². The first-order valence-corrected chi connectivity index (χ1v) is 4.83. The van der Waals surface area contributed by atoms with Gasteiger partial charge in [-0.05, 0) is 12.8 Å². The molecule has 3 heteroatoms. The van der Waals surface area contributed by atoms with Crippen LogP contribution >= 0.6 is 0 Å². The van der Waals surface area contributed by atoms with Gasteiger partial charge in [0.05, 0.1) is 12.0 Å². The Labute approximate surface area is 79.1 Å². The molecule has 0 aliphatic carbocycles. The van der Waals surface area contributed by atoms with Crippen molar-refractivity contribution in [1.82, 2.24) is 0 Å². The van der Waals surface area contributed by atoms with E-state index in [2.05, 4.69) is 0 Å². The smallest absolute Gasteiger partial charge is 0.311 e. The zero-order chi connectivity index (χ0) is 10.2. The second-order valence-corrected chi connectivity index (χ2v) is 4.28. The molecule has 1 aliphatic rings. The van der Waals surface area contributed by atoms with E-state index in [1.165, 1.54) is 0 Å². The molecule has 13 heavy (non-hydrogen) atoms. The predicted molar refractivity (Wildman–Crippen MR) is 49.1 cm³/mol. The Kier molecular flexibility index (Phi) is 2.96. The maximum atomic E-state index is 11.3. The Bertz CT molecular complexity index is 200. The summed E-state index contributed by atoms with van der Waals surface area (Å²) in [6.45, 7) is 7.63. The van der Waals surface area contributed by atoms with Gasteiger partial charge >= 0.3 is 5.97 Å². The summed E-state index contributed by atoms with van der Waals surface area (Å²) in [5.41, 5.74) is 0. The minimum Gasteiger partial charge on any atom is -0.461 e. The lowest BCUT2D eigenvalue weighted by Crippen LogP contribution is -2.48. The van der Waals surface area contributed by atoms with Crippen molar-refractivity contribution in [2.45, 2.75) is 39.9 Å². The van der Waals surface area contributed by atoms with Crippen molar-refractivity contribution in [1.29, 1.82) is 0 Å². The summed E-state index contributed by atoms with van der Waals surface area (Å²) in [6, 6.07) is 0. The minimum absolute atomic E-state index is 0.0349. The topological polar surface area (TPSA) is 46.5 Å². The van der Waals surface area contributed by atoms with Gasteiger partial charge in [-0.1, -0.05) is 20.8 Å². The average Bonchev–Trinajstić information content (AvgIpc) is 2.07. The Morgan fingerprint density at radius 2 is 1.92 bits per heavy atom. The molecule has 1 rings (SSSR count). The second kappa shape index (κ2) is 3.66. The van der Waals surface area contributed by atoms with Gasteiger partial charge in [-0.25, -0.2) is 0 Å². The molecule has 0 aromatic carbocycles. The Hall–Kier alpha value is -0.570. The fourth-order valence-electron chi connectivity index (χ4n) is 1.88. The van der Waals surface area contributed by atoms with E-state index < -0.39 is 6.10 Å². The van der Waals surface area contributed by atoms with Gasteiger partial charge in [0, 0.05) is 5.92 Å². The van der Waals surface area contributed by atoms with Crippen LogP contribution in [0.4, 0.5) is 0 Å². The number of ether oxygens (including phenoxy) is 1. The fourth-order valence-corrected chi connectivity index (χ4v) is 1.88. The van der Waals surface area contributed by atoms with Gasteiger partial charge in [0.2, 0.25) is 0 Å². The van der Waals surface area contributed by atoms with E-state index in [1.54, 1.807) is 6.92 Å². The zero-order valence-corrected chi connectivity index (χ0v) is 8.65. The van der Waals surface area contributed by atoms with Crippen molar-refractivity contribution in [2.24, 2.45) is 17.8 Å². The molecular weight excluding hydrogens is 168 g/mol. The number of rotatable bonds is 1. The van der Waals surface area contributed by atoms with Gasteiger partial charge in [0.15, 0.2) is 0 Å². The third-order valence-corrected chi connectivity index (χ3v) is 2.85. The number of carbonyl (C=O) groups is 1. The zero-order valence-electron chi connectivity index (χ0n) is 8.65. The van der Waals surface area contributed by atoms with Crippen LogP contribution in [0.3, 0.4) is 0 Å². The summed E-state index contributed by atoms with van der Waals surface area (Å²) in [5.74, 6) is -0.358. The summed E-state index contributed by atoms with van der Waals surface area (Å²) < 4.78 is 5.24. The number of aliphatic hydroxyl groups excluding tert-OH is 1. The van der Waals surface area contributed by atoms with Crippen molar-refractivity contribution in [3.8, 4) is 0 Å². The molecular formula is C10H18O3. The van der Waals surface area contributed by atoms with Crippen molar-refractivity contribution >= 4 is 5.97 Å². The number of hydrogen-bond acceptors (Lipinski definition) is 3. The van der Waals surface area contributed by atoms with Crippen LogP contribution in [-0.2, 0) is 9.53 Å². The van der Waals surface area contributed by atoms with Crippen LogP contribution in [0.25, 0.3) is 0 Å². The van der Waals surface area contributed by atoms with Gasteiger partial charge in [0.1, 0.15) is 6.10 Å². The molecule has 0 bridgehead atoms. The Balaban J connectivity index is 2.76. The lowest BCUT2D eigenvalue weighted by molar-refractivity contribution is -0.181. The summed E-state index contributed by atoms with van der Waals surface area (Å²) in [5, 5.41) is 9.74. The van der Waals surface area contributed by atoms with Crippen molar-refractivity contribution in [3.63, 3.8) is 0 Å². The summed E-state index contributed by atoms with van der Waals surface area (Å²) >= 11 is 0. The normalized spacial score (nSPS) is 40.6. The number of aliphatic hydroxyl groups is 1. The summed E-state index contributed by atoms with van der Waals surface area (Å²) in [6.07, 6.45) is -0.702. The minimum atomic E-state index is -0.561. The highest BCUT2D eigenvalue weighted by Gasteiger charge is 2.41. The van der Waals surface area contributed by atoms with Crippen LogP contribution < -0.4 is 0 Å². The van der Waals surface area contributed by atoms with Crippen molar-refractivity contribution < 1.29 is 14.6 Å². The number of cyclic esters (lactones) is 1. The summed E-state index contributed by atoms with van der Waals surface area (Å²) in [7, 11) is 0. The first kappa shape index (κ1) is 10.5. The van der Waals surface area contributed by atoms with E-state index in [0.717, 1.165) is 0 Å². The lowest BCUT2D eigenvalue weighted by atomic mass is 9.82. The first-order valence-electron chi connectivity index (χ1n) is 4.83. The standard InChI is InChI=1S/C10H18O3/c1-5(2)9-6(3)8(11)7(4)10(12)13-9/h5-9,11H,1-4H3/t6-,7+,8+,9+/m1/s1. The van der Waals surface area contributed by atoms with Gasteiger partial charge in [0.25, 0.3) is 0 Å². The van der Waals surface area contributed by atoms with E-state index in [0.29, 0.717) is 0 Å². The van der Waals surface area contributed by atoms with Crippen LogP contribution in [0.15, 0.2) is 0 Å². The van der Waals surface area contributed by atoms with Crippen LogP contribution in [0.2, 0.25) is 0 Å². The largest absolute Gasteiger partial charge is 0.461 e. The Morgan fingerprint density at radius 3 is 2.38 bits per heavy atom. The Morgan fingerprint density at radius 1 is 1.38 bits per heavy atom.